The number of fused-ring (bicyclic) bond motifs is 1. The van der Waals surface area contributed by atoms with Gasteiger partial charge in [-0.3, -0.25) is 13.8 Å². The van der Waals surface area contributed by atoms with Crippen molar-refractivity contribution in [3.63, 3.8) is 0 Å². The van der Waals surface area contributed by atoms with Crippen molar-refractivity contribution in [2.45, 2.75) is 12.7 Å². The molecule has 0 saturated heterocycles. The van der Waals surface area contributed by atoms with E-state index in [-0.39, 0.29) is 17.9 Å². The molecule has 0 spiro atoms. The molecule has 1 amide bonds. The molecule has 160 valence electrons. The molecule has 0 aliphatic carbocycles. The van der Waals surface area contributed by atoms with E-state index < -0.39 is 35.6 Å². The number of hydrogen-bond donors (Lipinski definition) is 1. The second kappa shape index (κ2) is 8.31. The molecule has 0 radical (unpaired) electrons. The van der Waals surface area contributed by atoms with Gasteiger partial charge in [0.25, 0.3) is 5.91 Å². The molecule has 0 aliphatic rings. The van der Waals surface area contributed by atoms with Crippen LogP contribution in [0.4, 0.5) is 21.4 Å². The average Bonchev–Trinajstić information content (AvgIpc) is 3.40. The highest BCUT2D eigenvalue weighted by atomic mass is 32.2. The molecule has 4 nitrogen and oxygen atoms in total. The Balaban J connectivity index is 1.72. The van der Waals surface area contributed by atoms with Crippen molar-refractivity contribution in [1.29, 1.82) is 0 Å². The Morgan fingerprint density at radius 3 is 2.71 bits per heavy atom. The van der Waals surface area contributed by atoms with Crippen molar-refractivity contribution in [1.82, 2.24) is 14.3 Å². The maximum absolute atomic E-state index is 14.1. The first-order valence-corrected chi connectivity index (χ1v) is 10.3. The Hall–Kier alpha value is -2.92. The zero-order valence-electron chi connectivity index (χ0n) is 15.4. The summed E-state index contributed by atoms with van der Waals surface area (Å²) in [5.41, 5.74) is 0.908. The van der Waals surface area contributed by atoms with Crippen LogP contribution < -0.4 is 5.32 Å². The van der Waals surface area contributed by atoms with Crippen LogP contribution in [0.3, 0.4) is 0 Å². The zero-order valence-corrected chi connectivity index (χ0v) is 17.0. The second-order valence-corrected chi connectivity index (χ2v) is 7.90. The van der Waals surface area contributed by atoms with Crippen molar-refractivity contribution in [3.05, 3.63) is 76.8 Å². The minimum atomic E-state index is -4.77. The van der Waals surface area contributed by atoms with Gasteiger partial charge in [0.1, 0.15) is 5.82 Å². The Kier molecular flexibility index (Phi) is 5.71. The third-order valence-electron chi connectivity index (χ3n) is 4.66. The van der Waals surface area contributed by atoms with Gasteiger partial charge in [0.05, 0.1) is 21.5 Å². The molecule has 4 aromatic rings. The van der Waals surface area contributed by atoms with Gasteiger partial charge in [0, 0.05) is 35.5 Å². The molecular formula is C20H12F5N3OS2. The van der Waals surface area contributed by atoms with Crippen LogP contribution >= 0.6 is 23.7 Å². The van der Waals surface area contributed by atoms with Gasteiger partial charge < -0.3 is 5.32 Å². The topological polar surface area (TPSA) is 46.9 Å². The standard InChI is InChI=1S/C20H12F5N3OS2/c21-16-3-1-2-15(20(22,23)24)14(16)8-27-19(29)13-6-11(18-9-26-10-30-18)7-17-12(13)4-5-28(17)31-25/h1-7,9-10H,8H2,(H,27,29). The van der Waals surface area contributed by atoms with E-state index in [9.17, 15) is 26.2 Å². The maximum atomic E-state index is 14.1. The third kappa shape index (κ3) is 4.15. The number of nitrogens with zero attached hydrogens (tertiary/aromatic N) is 2. The van der Waals surface area contributed by atoms with E-state index in [0.717, 1.165) is 23.1 Å². The predicted molar refractivity (Wildman–Crippen MR) is 110 cm³/mol. The van der Waals surface area contributed by atoms with Crippen LogP contribution in [0, 0.1) is 5.82 Å². The van der Waals surface area contributed by atoms with Crippen LogP contribution in [0.2, 0.25) is 0 Å². The summed E-state index contributed by atoms with van der Waals surface area (Å²) in [7, 11) is 0. The Labute approximate surface area is 181 Å². The molecule has 0 bridgehead atoms. The van der Waals surface area contributed by atoms with Gasteiger partial charge in [0.2, 0.25) is 0 Å². The molecule has 11 heteroatoms. The molecule has 2 aromatic heterocycles. The predicted octanol–water partition coefficient (Wildman–Crippen LogP) is 6.23. The highest BCUT2D eigenvalue weighted by molar-refractivity contribution is 7.92. The van der Waals surface area contributed by atoms with E-state index in [2.05, 4.69) is 10.3 Å². The number of nitrogens with one attached hydrogen (secondary N) is 1. The van der Waals surface area contributed by atoms with Gasteiger partial charge in [-0.15, -0.1) is 15.2 Å². The van der Waals surface area contributed by atoms with Gasteiger partial charge in [-0.25, -0.2) is 4.39 Å². The fraction of sp³-hybridized carbons (Fsp3) is 0.100. The summed E-state index contributed by atoms with van der Waals surface area (Å²) in [4.78, 5) is 17.6. The molecule has 0 fully saturated rings. The molecule has 0 aliphatic heterocycles. The summed E-state index contributed by atoms with van der Waals surface area (Å²) >= 11 is 1.26. The summed E-state index contributed by atoms with van der Waals surface area (Å²) in [5, 5.41) is 2.76. The molecule has 4 rings (SSSR count). The zero-order chi connectivity index (χ0) is 22.2. The van der Waals surface area contributed by atoms with E-state index in [4.69, 9.17) is 0 Å². The lowest BCUT2D eigenvalue weighted by Crippen LogP contribution is -2.25. The minimum absolute atomic E-state index is 0.0537. The summed E-state index contributed by atoms with van der Waals surface area (Å²) in [6, 6.07) is 7.37. The molecular weight excluding hydrogens is 457 g/mol. The highest BCUT2D eigenvalue weighted by Crippen LogP contribution is 2.34. The first kappa shape index (κ1) is 21.3. The monoisotopic (exact) mass is 469 g/mol. The number of rotatable bonds is 5. The van der Waals surface area contributed by atoms with Gasteiger partial charge in [-0.2, -0.15) is 13.2 Å². The van der Waals surface area contributed by atoms with E-state index in [1.807, 2.05) is 0 Å². The van der Waals surface area contributed by atoms with Crippen LogP contribution in [0.5, 0.6) is 0 Å². The van der Waals surface area contributed by atoms with Crippen LogP contribution in [0.1, 0.15) is 21.5 Å². The molecule has 31 heavy (non-hydrogen) atoms. The lowest BCUT2D eigenvalue weighted by Gasteiger charge is -2.15. The molecule has 1 N–H and O–H groups in total. The first-order chi connectivity index (χ1) is 14.8. The average molecular weight is 469 g/mol. The Morgan fingerprint density at radius 2 is 2.03 bits per heavy atom. The van der Waals surface area contributed by atoms with Crippen LogP contribution in [0.15, 0.2) is 54.3 Å². The normalized spacial score (nSPS) is 11.8. The highest BCUT2D eigenvalue weighted by Gasteiger charge is 2.34. The number of thiazole rings is 1. The molecule has 0 atom stereocenters. The molecule has 2 heterocycles. The fourth-order valence-corrected chi connectivity index (χ4v) is 4.18. The number of benzene rings is 2. The summed E-state index contributed by atoms with van der Waals surface area (Å²) in [6.45, 7) is -0.662. The number of carbonyl (C=O) groups excluding carboxylic acids is 1. The smallest absolute Gasteiger partial charge is 0.348 e. The van der Waals surface area contributed by atoms with E-state index in [1.54, 1.807) is 23.8 Å². The van der Waals surface area contributed by atoms with Crippen molar-refractivity contribution in [3.8, 4) is 10.4 Å². The van der Waals surface area contributed by atoms with Gasteiger partial charge in [-0.05, 0) is 35.9 Å². The fourth-order valence-electron chi connectivity index (χ4n) is 3.23. The summed E-state index contributed by atoms with van der Waals surface area (Å²) in [6.07, 6.45) is -1.75. The first-order valence-electron chi connectivity index (χ1n) is 8.75. The van der Waals surface area contributed by atoms with Crippen LogP contribution in [-0.4, -0.2) is 14.9 Å². The number of aromatic nitrogens is 2. The van der Waals surface area contributed by atoms with E-state index in [0.29, 0.717) is 16.5 Å². The van der Waals surface area contributed by atoms with Gasteiger partial charge in [-0.1, -0.05) is 6.07 Å². The third-order valence-corrected chi connectivity index (χ3v) is 5.95. The molecule has 0 saturated carbocycles. The molecule has 2 aromatic carbocycles. The Morgan fingerprint density at radius 1 is 1.23 bits per heavy atom. The SMILES string of the molecule is O=C(NCc1c(F)cccc1C(F)(F)F)c1cc(-c2cncs2)cc2c1ccn2SF. The molecule has 0 unspecified atom stereocenters. The Bertz CT molecular complexity index is 1250. The summed E-state index contributed by atoms with van der Waals surface area (Å²) < 4.78 is 68.2. The van der Waals surface area contributed by atoms with Crippen molar-refractivity contribution >= 4 is 40.5 Å². The minimum Gasteiger partial charge on any atom is -0.348 e. The number of alkyl halides is 3. The maximum Gasteiger partial charge on any atom is 0.416 e. The lowest BCUT2D eigenvalue weighted by molar-refractivity contribution is -0.138. The van der Waals surface area contributed by atoms with Crippen molar-refractivity contribution in [2.75, 3.05) is 0 Å². The quantitative estimate of drug-likeness (QED) is 0.352. The van der Waals surface area contributed by atoms with E-state index >= 15 is 0 Å². The number of carbonyl (C=O) groups is 1. The van der Waals surface area contributed by atoms with Crippen LogP contribution in [0.25, 0.3) is 21.3 Å². The number of halogens is 5. The summed E-state index contributed by atoms with van der Waals surface area (Å²) in [5.74, 6) is -1.78. The number of hydrogen-bond acceptors (Lipinski definition) is 4. The van der Waals surface area contributed by atoms with Crippen molar-refractivity contribution < 1.29 is 26.2 Å². The lowest BCUT2D eigenvalue weighted by atomic mass is 10.0. The van der Waals surface area contributed by atoms with Crippen LogP contribution in [-0.2, 0) is 12.7 Å². The largest absolute Gasteiger partial charge is 0.416 e. The van der Waals surface area contributed by atoms with Gasteiger partial charge in [0.15, 0.2) is 12.3 Å². The van der Waals surface area contributed by atoms with Gasteiger partial charge >= 0.3 is 6.18 Å². The van der Waals surface area contributed by atoms with E-state index in [1.165, 1.54) is 27.6 Å². The number of amides is 1. The second-order valence-electron chi connectivity index (χ2n) is 6.48. The van der Waals surface area contributed by atoms with Crippen molar-refractivity contribution in [2.24, 2.45) is 0 Å².